The van der Waals surface area contributed by atoms with E-state index in [9.17, 15) is 0 Å². The molecule has 2 heteroatoms. The molecule has 0 aromatic heterocycles. The second-order valence-corrected chi connectivity index (χ2v) is 9.67. The lowest BCUT2D eigenvalue weighted by atomic mass is 9.68. The highest BCUT2D eigenvalue weighted by Gasteiger charge is 2.46. The second-order valence-electron chi connectivity index (χ2n) is 8.75. The summed E-state index contributed by atoms with van der Waals surface area (Å²) in [6.45, 7) is 3.82. The normalized spacial score (nSPS) is 15.8. The highest BCUT2D eigenvalue weighted by molar-refractivity contribution is 9.10. The Morgan fingerprint density at radius 1 is 0.600 bits per heavy atom. The fraction of sp³-hybridized carbons (Fsp3) is 0.0303. The fourth-order valence-corrected chi connectivity index (χ4v) is 5.67. The first-order valence-corrected chi connectivity index (χ1v) is 12.5. The monoisotopic (exact) mass is 514 g/mol. The molecule has 0 saturated carbocycles. The third-order valence-corrected chi connectivity index (χ3v) is 7.35. The molecule has 0 amide bonds. The molecule has 0 spiro atoms. The van der Waals surface area contributed by atoms with Crippen LogP contribution in [0.4, 0.5) is 0 Å². The van der Waals surface area contributed by atoms with Gasteiger partial charge in [-0.1, -0.05) is 114 Å². The summed E-state index contributed by atoms with van der Waals surface area (Å²) in [5, 5.41) is 0. The van der Waals surface area contributed by atoms with Gasteiger partial charge in [-0.2, -0.15) is 0 Å². The zero-order valence-electron chi connectivity index (χ0n) is 19.1. The summed E-state index contributed by atoms with van der Waals surface area (Å²) in [7, 11) is 0. The topological polar surface area (TPSA) is 9.23 Å². The van der Waals surface area contributed by atoms with Crippen LogP contribution in [0.2, 0.25) is 0 Å². The molecule has 0 N–H and O–H groups in total. The first-order valence-electron chi connectivity index (χ1n) is 11.7. The number of fused-ring (bicyclic) bond motifs is 3. The number of ether oxygens (including phenoxy) is 1. The van der Waals surface area contributed by atoms with Crippen molar-refractivity contribution in [3.05, 3.63) is 160 Å². The second kappa shape index (κ2) is 8.72. The summed E-state index contributed by atoms with van der Waals surface area (Å²) in [6, 6.07) is 42.7. The Kier molecular flexibility index (Phi) is 5.39. The van der Waals surface area contributed by atoms with Crippen LogP contribution in [0.3, 0.4) is 0 Å². The van der Waals surface area contributed by atoms with E-state index in [0.29, 0.717) is 0 Å². The van der Waals surface area contributed by atoms with Crippen molar-refractivity contribution in [2.24, 2.45) is 0 Å². The van der Waals surface area contributed by atoms with Crippen LogP contribution in [0.15, 0.2) is 132 Å². The van der Waals surface area contributed by atoms with Crippen LogP contribution < -0.4 is 4.74 Å². The van der Waals surface area contributed by atoms with Crippen molar-refractivity contribution in [1.29, 1.82) is 0 Å². The molecule has 1 unspecified atom stereocenters. The Balaban J connectivity index is 1.52. The van der Waals surface area contributed by atoms with E-state index in [1.54, 1.807) is 0 Å². The van der Waals surface area contributed by atoms with E-state index < -0.39 is 5.41 Å². The summed E-state index contributed by atoms with van der Waals surface area (Å²) in [5.74, 6) is 1.62. The standard InChI is InChI=1S/C33H23BrO/c1-2-23-12-17-27(18-13-23)35-28-19-14-25(15-20-28)33(24-8-4-3-5-9-24)31-11-7-6-10-29(31)30-21-16-26(34)22-32(30)33/h2-22H,1H2. The first kappa shape index (κ1) is 21.6. The molecular formula is C33H23BrO. The van der Waals surface area contributed by atoms with Crippen molar-refractivity contribution in [1.82, 2.24) is 0 Å². The van der Waals surface area contributed by atoms with E-state index in [1.807, 2.05) is 30.3 Å². The largest absolute Gasteiger partial charge is 0.457 e. The Morgan fingerprint density at radius 2 is 1.20 bits per heavy atom. The fourth-order valence-electron chi connectivity index (χ4n) is 5.31. The van der Waals surface area contributed by atoms with Crippen molar-refractivity contribution in [2.45, 2.75) is 5.41 Å². The van der Waals surface area contributed by atoms with E-state index in [1.165, 1.54) is 33.4 Å². The van der Waals surface area contributed by atoms with Crippen molar-refractivity contribution in [2.75, 3.05) is 0 Å². The van der Waals surface area contributed by atoms with Crippen molar-refractivity contribution < 1.29 is 4.74 Å². The molecule has 35 heavy (non-hydrogen) atoms. The molecule has 0 radical (unpaired) electrons. The third kappa shape index (κ3) is 3.53. The van der Waals surface area contributed by atoms with Crippen LogP contribution in [0.1, 0.15) is 27.8 Å². The van der Waals surface area contributed by atoms with Gasteiger partial charge in [0.05, 0.1) is 5.41 Å². The average Bonchev–Trinajstić information content (AvgIpc) is 3.20. The summed E-state index contributed by atoms with van der Waals surface area (Å²) in [6.07, 6.45) is 1.83. The van der Waals surface area contributed by atoms with E-state index in [0.717, 1.165) is 21.5 Å². The molecule has 1 aliphatic rings. The van der Waals surface area contributed by atoms with Gasteiger partial charge in [-0.05, 0) is 75.3 Å². The molecule has 1 aliphatic carbocycles. The molecule has 6 rings (SSSR count). The number of benzene rings is 5. The molecule has 0 fully saturated rings. The summed E-state index contributed by atoms with van der Waals surface area (Å²) < 4.78 is 7.23. The Labute approximate surface area is 214 Å². The molecule has 5 aromatic rings. The highest BCUT2D eigenvalue weighted by atomic mass is 79.9. The van der Waals surface area contributed by atoms with E-state index in [-0.39, 0.29) is 0 Å². The average molecular weight is 515 g/mol. The van der Waals surface area contributed by atoms with Crippen LogP contribution in [0.25, 0.3) is 17.2 Å². The van der Waals surface area contributed by atoms with Gasteiger partial charge in [0.2, 0.25) is 0 Å². The number of hydrogen-bond acceptors (Lipinski definition) is 1. The van der Waals surface area contributed by atoms with E-state index in [2.05, 4.69) is 120 Å². The maximum Gasteiger partial charge on any atom is 0.127 e. The van der Waals surface area contributed by atoms with Gasteiger partial charge in [0.1, 0.15) is 11.5 Å². The molecular weight excluding hydrogens is 492 g/mol. The molecule has 0 aliphatic heterocycles. The van der Waals surface area contributed by atoms with Crippen LogP contribution in [-0.4, -0.2) is 0 Å². The lowest BCUT2D eigenvalue weighted by Crippen LogP contribution is -2.28. The minimum Gasteiger partial charge on any atom is -0.457 e. The number of hydrogen-bond donors (Lipinski definition) is 0. The van der Waals surface area contributed by atoms with Crippen LogP contribution in [0.5, 0.6) is 11.5 Å². The molecule has 5 aromatic carbocycles. The van der Waals surface area contributed by atoms with Gasteiger partial charge in [0.25, 0.3) is 0 Å². The summed E-state index contributed by atoms with van der Waals surface area (Å²) >= 11 is 3.74. The molecule has 0 bridgehead atoms. The first-order chi connectivity index (χ1) is 17.2. The van der Waals surface area contributed by atoms with E-state index >= 15 is 0 Å². The minimum atomic E-state index is -0.416. The van der Waals surface area contributed by atoms with Crippen LogP contribution >= 0.6 is 15.9 Å². The van der Waals surface area contributed by atoms with Crippen LogP contribution in [-0.2, 0) is 5.41 Å². The molecule has 168 valence electrons. The SMILES string of the molecule is C=Cc1ccc(Oc2ccc(C3(c4ccccc4)c4ccccc4-c4ccc(Br)cc43)cc2)cc1. The highest BCUT2D eigenvalue weighted by Crippen LogP contribution is 2.56. The summed E-state index contributed by atoms with van der Waals surface area (Å²) in [5.41, 5.74) is 8.25. The maximum absolute atomic E-state index is 6.15. The lowest BCUT2D eigenvalue weighted by Gasteiger charge is -2.34. The summed E-state index contributed by atoms with van der Waals surface area (Å²) in [4.78, 5) is 0. The molecule has 0 saturated heterocycles. The van der Waals surface area contributed by atoms with Gasteiger partial charge in [-0.3, -0.25) is 0 Å². The van der Waals surface area contributed by atoms with Crippen molar-refractivity contribution in [3.8, 4) is 22.6 Å². The Bertz CT molecular complexity index is 1520. The molecule has 1 atom stereocenters. The van der Waals surface area contributed by atoms with Gasteiger partial charge in [0.15, 0.2) is 0 Å². The number of halogens is 1. The van der Waals surface area contributed by atoms with Gasteiger partial charge in [0, 0.05) is 4.47 Å². The zero-order valence-corrected chi connectivity index (χ0v) is 20.7. The third-order valence-electron chi connectivity index (χ3n) is 6.85. The molecule has 0 heterocycles. The predicted molar refractivity (Wildman–Crippen MR) is 148 cm³/mol. The van der Waals surface area contributed by atoms with Gasteiger partial charge >= 0.3 is 0 Å². The van der Waals surface area contributed by atoms with Crippen molar-refractivity contribution >= 4 is 22.0 Å². The lowest BCUT2D eigenvalue weighted by molar-refractivity contribution is 0.482. The van der Waals surface area contributed by atoms with E-state index in [4.69, 9.17) is 4.74 Å². The van der Waals surface area contributed by atoms with Crippen molar-refractivity contribution in [3.63, 3.8) is 0 Å². The molecule has 1 nitrogen and oxygen atoms in total. The Hall–Kier alpha value is -3.88. The van der Waals surface area contributed by atoms with Gasteiger partial charge in [-0.15, -0.1) is 0 Å². The zero-order chi connectivity index (χ0) is 23.8. The smallest absolute Gasteiger partial charge is 0.127 e. The number of rotatable bonds is 5. The minimum absolute atomic E-state index is 0.416. The van der Waals surface area contributed by atoms with Gasteiger partial charge < -0.3 is 4.74 Å². The predicted octanol–water partition coefficient (Wildman–Crippen LogP) is 9.25. The van der Waals surface area contributed by atoms with Crippen LogP contribution in [0, 0.1) is 0 Å². The quantitative estimate of drug-likeness (QED) is 0.222. The Morgan fingerprint density at radius 3 is 1.91 bits per heavy atom. The maximum atomic E-state index is 6.15. The van der Waals surface area contributed by atoms with Gasteiger partial charge in [-0.25, -0.2) is 0 Å².